The van der Waals surface area contributed by atoms with Crippen LogP contribution >= 0.6 is 0 Å². The third-order valence-electron chi connectivity index (χ3n) is 3.76. The minimum absolute atomic E-state index is 0.0493. The smallest absolute Gasteiger partial charge is 0.274 e. The predicted octanol–water partition coefficient (Wildman–Crippen LogP) is 3.54. The second kappa shape index (κ2) is 5.53. The fourth-order valence-corrected chi connectivity index (χ4v) is 2.59. The van der Waals surface area contributed by atoms with E-state index >= 15 is 0 Å². The van der Waals surface area contributed by atoms with E-state index in [4.69, 9.17) is 0 Å². The van der Waals surface area contributed by atoms with E-state index in [2.05, 4.69) is 0 Å². The molecule has 118 valence electrons. The maximum absolute atomic E-state index is 12.7. The Kier molecular flexibility index (Phi) is 3.67. The third-order valence-corrected chi connectivity index (χ3v) is 3.76. The fourth-order valence-electron chi connectivity index (χ4n) is 2.59. The number of hydrogen-bond acceptors (Lipinski definition) is 2. The minimum Gasteiger partial charge on any atom is -0.274 e. The molecule has 3 rings (SSSR count). The first kappa shape index (κ1) is 15.3. The highest BCUT2D eigenvalue weighted by molar-refractivity contribution is 6.21. The van der Waals surface area contributed by atoms with E-state index in [9.17, 15) is 22.8 Å². The largest absolute Gasteiger partial charge is 0.416 e. The second-order valence-electron chi connectivity index (χ2n) is 5.26. The van der Waals surface area contributed by atoms with E-state index in [1.54, 1.807) is 30.3 Å². The number of amides is 2. The molecule has 1 heterocycles. The second-order valence-corrected chi connectivity index (χ2v) is 5.26. The number of fused-ring (bicyclic) bond motifs is 1. The molecule has 0 saturated carbocycles. The van der Waals surface area contributed by atoms with Crippen molar-refractivity contribution < 1.29 is 22.8 Å². The van der Waals surface area contributed by atoms with Gasteiger partial charge in [-0.15, -0.1) is 0 Å². The first-order valence-corrected chi connectivity index (χ1v) is 6.99. The van der Waals surface area contributed by atoms with Crippen LogP contribution in [0.4, 0.5) is 13.2 Å². The summed E-state index contributed by atoms with van der Waals surface area (Å²) in [5, 5.41) is 0. The molecule has 2 aromatic carbocycles. The maximum atomic E-state index is 12.7. The van der Waals surface area contributed by atoms with E-state index in [0.29, 0.717) is 16.7 Å². The number of carbonyl (C=O) groups is 2. The number of benzene rings is 2. The lowest BCUT2D eigenvalue weighted by atomic mass is 10.1. The van der Waals surface area contributed by atoms with Gasteiger partial charge in [-0.2, -0.15) is 13.2 Å². The van der Waals surface area contributed by atoms with Gasteiger partial charge in [0.15, 0.2) is 0 Å². The Morgan fingerprint density at radius 3 is 2.04 bits per heavy atom. The average molecular weight is 319 g/mol. The van der Waals surface area contributed by atoms with Gasteiger partial charge in [0.1, 0.15) is 0 Å². The summed E-state index contributed by atoms with van der Waals surface area (Å²) in [5.41, 5.74) is 0.358. The van der Waals surface area contributed by atoms with Crippen LogP contribution in [-0.4, -0.2) is 23.3 Å². The molecule has 0 aromatic heterocycles. The van der Waals surface area contributed by atoms with Crippen molar-refractivity contribution in [3.63, 3.8) is 0 Å². The standard InChI is InChI=1S/C17H12F3NO2/c18-17(19,20)12-5-3-4-11(10-12)8-9-21-15(22)13-6-1-2-7-14(13)16(21)23/h1-7,10H,8-9H2. The molecule has 3 nitrogen and oxygen atoms in total. The molecule has 0 spiro atoms. The summed E-state index contributed by atoms with van der Waals surface area (Å²) in [6.07, 6.45) is -4.24. The Balaban J connectivity index is 1.75. The highest BCUT2D eigenvalue weighted by Crippen LogP contribution is 2.30. The van der Waals surface area contributed by atoms with Crippen LogP contribution in [-0.2, 0) is 12.6 Å². The number of halogens is 3. The van der Waals surface area contributed by atoms with Gasteiger partial charge in [-0.05, 0) is 30.2 Å². The molecule has 0 saturated heterocycles. The molecule has 1 aliphatic rings. The van der Waals surface area contributed by atoms with Crippen molar-refractivity contribution in [3.8, 4) is 0 Å². The summed E-state index contributed by atoms with van der Waals surface area (Å²) in [4.78, 5) is 25.4. The van der Waals surface area contributed by atoms with Crippen LogP contribution in [0.25, 0.3) is 0 Å². The van der Waals surface area contributed by atoms with Crippen molar-refractivity contribution in [1.29, 1.82) is 0 Å². The van der Waals surface area contributed by atoms with E-state index < -0.39 is 23.6 Å². The molecule has 0 aliphatic carbocycles. The fraction of sp³-hybridized carbons (Fsp3) is 0.176. The van der Waals surface area contributed by atoms with Crippen LogP contribution in [0.1, 0.15) is 31.8 Å². The molecular formula is C17H12F3NO2. The summed E-state index contributed by atoms with van der Waals surface area (Å²) in [7, 11) is 0. The average Bonchev–Trinajstić information content (AvgIpc) is 2.77. The Bertz CT molecular complexity index is 748. The Morgan fingerprint density at radius 2 is 1.48 bits per heavy atom. The SMILES string of the molecule is O=C1c2ccccc2C(=O)N1CCc1cccc(C(F)(F)F)c1. The molecule has 0 N–H and O–H groups in total. The van der Waals surface area contributed by atoms with Crippen LogP contribution in [0.5, 0.6) is 0 Å². The molecular weight excluding hydrogens is 307 g/mol. The van der Waals surface area contributed by atoms with Gasteiger partial charge in [0.2, 0.25) is 0 Å². The Morgan fingerprint density at radius 1 is 0.870 bits per heavy atom. The number of imide groups is 1. The van der Waals surface area contributed by atoms with Crippen molar-refractivity contribution >= 4 is 11.8 Å². The van der Waals surface area contributed by atoms with Gasteiger partial charge in [0.25, 0.3) is 11.8 Å². The number of carbonyl (C=O) groups excluding carboxylic acids is 2. The van der Waals surface area contributed by atoms with Crippen LogP contribution < -0.4 is 0 Å². The zero-order valence-electron chi connectivity index (χ0n) is 11.9. The Hall–Kier alpha value is -2.63. The monoisotopic (exact) mass is 319 g/mol. The van der Waals surface area contributed by atoms with E-state index in [1.165, 1.54) is 6.07 Å². The van der Waals surface area contributed by atoms with Crippen molar-refractivity contribution in [2.24, 2.45) is 0 Å². The normalized spacial score (nSPS) is 14.3. The van der Waals surface area contributed by atoms with Gasteiger partial charge in [-0.25, -0.2) is 0 Å². The summed E-state index contributed by atoms with van der Waals surface area (Å²) in [5.74, 6) is -0.810. The third kappa shape index (κ3) is 2.84. The summed E-state index contributed by atoms with van der Waals surface area (Å²) >= 11 is 0. The first-order valence-electron chi connectivity index (χ1n) is 6.99. The van der Waals surface area contributed by atoms with E-state index in [1.807, 2.05) is 0 Å². The molecule has 2 aromatic rings. The number of nitrogens with zero attached hydrogens (tertiary/aromatic N) is 1. The van der Waals surface area contributed by atoms with Crippen LogP contribution in [0.2, 0.25) is 0 Å². The van der Waals surface area contributed by atoms with Gasteiger partial charge < -0.3 is 0 Å². The lowest BCUT2D eigenvalue weighted by molar-refractivity contribution is -0.137. The van der Waals surface area contributed by atoms with E-state index in [-0.39, 0.29) is 13.0 Å². The first-order chi connectivity index (χ1) is 10.9. The van der Waals surface area contributed by atoms with Gasteiger partial charge in [0, 0.05) is 6.54 Å². The van der Waals surface area contributed by atoms with Crippen molar-refractivity contribution in [3.05, 3.63) is 70.8 Å². The zero-order chi connectivity index (χ0) is 16.6. The van der Waals surface area contributed by atoms with Crippen molar-refractivity contribution in [2.75, 3.05) is 6.54 Å². The molecule has 0 bridgehead atoms. The lowest BCUT2D eigenvalue weighted by Gasteiger charge is -2.14. The minimum atomic E-state index is -4.41. The van der Waals surface area contributed by atoms with Crippen LogP contribution in [0.15, 0.2) is 48.5 Å². The number of alkyl halides is 3. The predicted molar refractivity (Wildman–Crippen MR) is 77.0 cm³/mol. The highest BCUT2D eigenvalue weighted by Gasteiger charge is 2.35. The quantitative estimate of drug-likeness (QED) is 0.812. The van der Waals surface area contributed by atoms with Gasteiger partial charge in [-0.3, -0.25) is 14.5 Å². The topological polar surface area (TPSA) is 37.4 Å². The summed E-state index contributed by atoms with van der Waals surface area (Å²) in [6, 6.07) is 11.4. The van der Waals surface area contributed by atoms with Crippen molar-refractivity contribution in [1.82, 2.24) is 4.90 Å². The van der Waals surface area contributed by atoms with Gasteiger partial charge in [-0.1, -0.05) is 30.3 Å². The summed E-state index contributed by atoms with van der Waals surface area (Å²) in [6.45, 7) is 0.0493. The molecule has 0 unspecified atom stereocenters. The molecule has 2 amide bonds. The Labute approximate surface area is 130 Å². The maximum Gasteiger partial charge on any atom is 0.416 e. The van der Waals surface area contributed by atoms with Gasteiger partial charge >= 0.3 is 6.18 Å². The van der Waals surface area contributed by atoms with Gasteiger partial charge in [0.05, 0.1) is 16.7 Å². The zero-order valence-corrected chi connectivity index (χ0v) is 11.9. The lowest BCUT2D eigenvalue weighted by Crippen LogP contribution is -2.31. The molecule has 0 atom stereocenters. The van der Waals surface area contributed by atoms with E-state index in [0.717, 1.165) is 17.0 Å². The number of rotatable bonds is 3. The number of hydrogen-bond donors (Lipinski definition) is 0. The molecule has 6 heteroatoms. The molecule has 0 fully saturated rings. The molecule has 1 aliphatic heterocycles. The van der Waals surface area contributed by atoms with Crippen molar-refractivity contribution in [2.45, 2.75) is 12.6 Å². The molecule has 23 heavy (non-hydrogen) atoms. The van der Waals surface area contributed by atoms with Crippen LogP contribution in [0.3, 0.4) is 0 Å². The van der Waals surface area contributed by atoms with Crippen LogP contribution in [0, 0.1) is 0 Å². The summed E-state index contributed by atoms with van der Waals surface area (Å²) < 4.78 is 38.1. The highest BCUT2D eigenvalue weighted by atomic mass is 19.4. The molecule has 0 radical (unpaired) electrons.